The van der Waals surface area contributed by atoms with Crippen molar-refractivity contribution >= 4 is 33.4 Å². The van der Waals surface area contributed by atoms with Crippen LogP contribution in [-0.4, -0.2) is 23.9 Å². The second-order valence-electron chi connectivity index (χ2n) is 5.55. The van der Waals surface area contributed by atoms with Crippen molar-refractivity contribution in [3.63, 3.8) is 0 Å². The summed E-state index contributed by atoms with van der Waals surface area (Å²) in [5.41, 5.74) is 6.93. The van der Waals surface area contributed by atoms with Crippen LogP contribution in [0.4, 0.5) is 5.69 Å². The predicted molar refractivity (Wildman–Crippen MR) is 85.9 cm³/mol. The summed E-state index contributed by atoms with van der Waals surface area (Å²) in [5.74, 6) is -0.488. The van der Waals surface area contributed by atoms with E-state index in [0.29, 0.717) is 12.8 Å². The van der Waals surface area contributed by atoms with Crippen LogP contribution in [0.3, 0.4) is 0 Å². The summed E-state index contributed by atoms with van der Waals surface area (Å²) in [6, 6.07) is 5.59. The number of halogens is 1. The molecule has 2 amide bonds. The van der Waals surface area contributed by atoms with Crippen LogP contribution in [0.2, 0.25) is 0 Å². The van der Waals surface area contributed by atoms with Crippen LogP contribution >= 0.6 is 15.9 Å². The summed E-state index contributed by atoms with van der Waals surface area (Å²) in [6.45, 7) is 1.85. The Morgan fingerprint density at radius 1 is 1.33 bits per heavy atom. The first kappa shape index (κ1) is 16.0. The largest absolute Gasteiger partial charge is 0.345 e. The molecule has 0 atom stereocenters. The predicted octanol–water partition coefficient (Wildman–Crippen LogP) is 2.08. The van der Waals surface area contributed by atoms with Gasteiger partial charge in [-0.2, -0.15) is 0 Å². The molecule has 1 aliphatic carbocycles. The highest BCUT2D eigenvalue weighted by atomic mass is 79.9. The zero-order valence-electron chi connectivity index (χ0n) is 12.0. The van der Waals surface area contributed by atoms with Gasteiger partial charge < -0.3 is 16.4 Å². The van der Waals surface area contributed by atoms with Gasteiger partial charge in [0.15, 0.2) is 0 Å². The Morgan fingerprint density at radius 2 is 2.00 bits per heavy atom. The third kappa shape index (κ3) is 4.04. The minimum Gasteiger partial charge on any atom is -0.345 e. The molecular formula is C15H20BrN3O2. The monoisotopic (exact) mass is 353 g/mol. The molecule has 0 aromatic heterocycles. The van der Waals surface area contributed by atoms with Crippen LogP contribution in [0.1, 0.15) is 31.2 Å². The van der Waals surface area contributed by atoms with Gasteiger partial charge in [0.1, 0.15) is 0 Å². The molecule has 2 rings (SSSR count). The fourth-order valence-electron chi connectivity index (χ4n) is 2.53. The molecule has 0 radical (unpaired) electrons. The molecule has 4 N–H and O–H groups in total. The highest BCUT2D eigenvalue weighted by Gasteiger charge is 2.36. The van der Waals surface area contributed by atoms with Crippen LogP contribution in [0.25, 0.3) is 0 Å². The second kappa shape index (κ2) is 6.58. The maximum absolute atomic E-state index is 12.0. The molecule has 1 aromatic rings. The number of nitrogens with two attached hydrogens (primary N) is 1. The van der Waals surface area contributed by atoms with Crippen molar-refractivity contribution in [1.29, 1.82) is 0 Å². The zero-order chi connectivity index (χ0) is 15.5. The molecule has 1 aromatic carbocycles. The number of anilines is 1. The van der Waals surface area contributed by atoms with Gasteiger partial charge in [-0.3, -0.25) is 9.59 Å². The average molecular weight is 354 g/mol. The van der Waals surface area contributed by atoms with E-state index in [1.165, 1.54) is 0 Å². The molecule has 0 aliphatic heterocycles. The lowest BCUT2D eigenvalue weighted by atomic mass is 9.98. The molecule has 0 spiro atoms. The number of carbonyl (C=O) groups excluding carboxylic acids is 2. The number of carbonyl (C=O) groups is 2. The van der Waals surface area contributed by atoms with Crippen molar-refractivity contribution in [1.82, 2.24) is 5.32 Å². The smallest absolute Gasteiger partial charge is 0.243 e. The van der Waals surface area contributed by atoms with Gasteiger partial charge >= 0.3 is 0 Å². The van der Waals surface area contributed by atoms with Gasteiger partial charge in [0.25, 0.3) is 0 Å². The zero-order valence-corrected chi connectivity index (χ0v) is 13.6. The Bertz CT molecular complexity index is 554. The molecule has 21 heavy (non-hydrogen) atoms. The first-order valence-electron chi connectivity index (χ1n) is 7.04. The Balaban J connectivity index is 1.86. The average Bonchev–Trinajstić information content (AvgIpc) is 2.87. The van der Waals surface area contributed by atoms with Crippen molar-refractivity contribution in [3.05, 3.63) is 28.2 Å². The molecule has 6 heteroatoms. The number of nitrogens with one attached hydrogen (secondary N) is 2. The lowest BCUT2D eigenvalue weighted by Gasteiger charge is -2.22. The van der Waals surface area contributed by atoms with Crippen molar-refractivity contribution in [2.24, 2.45) is 5.73 Å². The highest BCUT2D eigenvalue weighted by Crippen LogP contribution is 2.27. The standard InChI is InChI=1S/C15H20BrN3O2/c1-10-8-11(16)4-5-12(10)19-13(20)9-18-14(21)15(17)6-2-3-7-15/h4-5,8H,2-3,6-7,9,17H2,1H3,(H,18,21)(H,19,20). The highest BCUT2D eigenvalue weighted by molar-refractivity contribution is 9.10. The van der Waals surface area contributed by atoms with Crippen molar-refractivity contribution in [2.45, 2.75) is 38.1 Å². The van der Waals surface area contributed by atoms with Gasteiger partial charge in [-0.15, -0.1) is 0 Å². The van der Waals surface area contributed by atoms with Gasteiger partial charge in [-0.05, 0) is 43.5 Å². The quantitative estimate of drug-likeness (QED) is 0.774. The number of benzene rings is 1. The molecule has 5 nitrogen and oxygen atoms in total. The van der Waals surface area contributed by atoms with Gasteiger partial charge in [0.2, 0.25) is 11.8 Å². The number of hydrogen-bond acceptors (Lipinski definition) is 3. The van der Waals surface area contributed by atoms with E-state index in [0.717, 1.165) is 28.6 Å². The number of amides is 2. The third-order valence-electron chi connectivity index (χ3n) is 3.82. The van der Waals surface area contributed by atoms with E-state index in [2.05, 4.69) is 26.6 Å². The Kier molecular flexibility index (Phi) is 5.00. The molecule has 0 heterocycles. The van der Waals surface area contributed by atoms with Crippen molar-refractivity contribution < 1.29 is 9.59 Å². The van der Waals surface area contributed by atoms with Crippen LogP contribution in [0.5, 0.6) is 0 Å². The minimum atomic E-state index is -0.798. The van der Waals surface area contributed by atoms with Gasteiger partial charge in [0, 0.05) is 10.2 Å². The Labute approximate surface area is 132 Å². The second-order valence-corrected chi connectivity index (χ2v) is 6.47. The van der Waals surface area contributed by atoms with Crippen molar-refractivity contribution in [2.75, 3.05) is 11.9 Å². The van der Waals surface area contributed by atoms with E-state index < -0.39 is 5.54 Å². The maximum atomic E-state index is 12.0. The fraction of sp³-hybridized carbons (Fsp3) is 0.467. The lowest BCUT2D eigenvalue weighted by Crippen LogP contribution is -2.53. The van der Waals surface area contributed by atoms with Crippen LogP contribution in [-0.2, 0) is 9.59 Å². The molecular weight excluding hydrogens is 334 g/mol. The number of hydrogen-bond donors (Lipinski definition) is 3. The summed E-state index contributed by atoms with van der Waals surface area (Å²) in [7, 11) is 0. The first-order valence-corrected chi connectivity index (χ1v) is 7.83. The summed E-state index contributed by atoms with van der Waals surface area (Å²) in [5, 5.41) is 5.41. The molecule has 1 aliphatic rings. The first-order chi connectivity index (χ1) is 9.90. The molecule has 0 unspecified atom stereocenters. The Hall–Kier alpha value is -1.40. The number of aryl methyl sites for hydroxylation is 1. The normalized spacial score (nSPS) is 16.5. The SMILES string of the molecule is Cc1cc(Br)ccc1NC(=O)CNC(=O)C1(N)CCCC1. The molecule has 114 valence electrons. The van der Waals surface area contributed by atoms with E-state index >= 15 is 0 Å². The van der Waals surface area contributed by atoms with E-state index in [1.807, 2.05) is 25.1 Å². The fourth-order valence-corrected chi connectivity index (χ4v) is 3.01. The topological polar surface area (TPSA) is 84.2 Å². The lowest BCUT2D eigenvalue weighted by molar-refractivity contribution is -0.128. The van der Waals surface area contributed by atoms with Gasteiger partial charge in [-0.1, -0.05) is 28.8 Å². The van der Waals surface area contributed by atoms with Gasteiger partial charge in [0.05, 0.1) is 12.1 Å². The summed E-state index contributed by atoms with van der Waals surface area (Å²) in [6.07, 6.45) is 3.31. The van der Waals surface area contributed by atoms with Gasteiger partial charge in [-0.25, -0.2) is 0 Å². The summed E-state index contributed by atoms with van der Waals surface area (Å²) in [4.78, 5) is 23.9. The summed E-state index contributed by atoms with van der Waals surface area (Å²) < 4.78 is 0.956. The van der Waals surface area contributed by atoms with E-state index in [1.54, 1.807) is 0 Å². The molecule has 1 saturated carbocycles. The maximum Gasteiger partial charge on any atom is 0.243 e. The van der Waals surface area contributed by atoms with Crippen LogP contribution in [0, 0.1) is 6.92 Å². The minimum absolute atomic E-state index is 0.0622. The van der Waals surface area contributed by atoms with E-state index in [4.69, 9.17) is 5.73 Å². The van der Waals surface area contributed by atoms with Crippen LogP contribution in [0.15, 0.2) is 22.7 Å². The summed E-state index contributed by atoms with van der Waals surface area (Å²) >= 11 is 3.37. The number of rotatable bonds is 4. The van der Waals surface area contributed by atoms with Crippen LogP contribution < -0.4 is 16.4 Å². The third-order valence-corrected chi connectivity index (χ3v) is 4.31. The van der Waals surface area contributed by atoms with Crippen molar-refractivity contribution in [3.8, 4) is 0 Å². The van der Waals surface area contributed by atoms with E-state index in [9.17, 15) is 9.59 Å². The molecule has 1 fully saturated rings. The Morgan fingerprint density at radius 3 is 2.62 bits per heavy atom. The molecule has 0 bridgehead atoms. The van der Waals surface area contributed by atoms with E-state index in [-0.39, 0.29) is 18.4 Å². The molecule has 0 saturated heterocycles.